The molecule has 2 N–H and O–H groups in total. The first kappa shape index (κ1) is 16.3. The van der Waals surface area contributed by atoms with Crippen LogP contribution in [-0.4, -0.2) is 50.6 Å². The molecule has 1 saturated carbocycles. The summed E-state index contributed by atoms with van der Waals surface area (Å²) in [5.41, 5.74) is 0. The van der Waals surface area contributed by atoms with Crippen molar-refractivity contribution in [1.29, 1.82) is 0 Å². The molecule has 0 aromatic carbocycles. The highest BCUT2D eigenvalue weighted by molar-refractivity contribution is 5.79. The maximum atomic E-state index is 4.25. The summed E-state index contributed by atoms with van der Waals surface area (Å²) in [6, 6.07) is 0.797. The van der Waals surface area contributed by atoms with Gasteiger partial charge in [0.15, 0.2) is 5.96 Å². The summed E-state index contributed by atoms with van der Waals surface area (Å²) in [5, 5.41) is 6.74. The average Bonchev–Trinajstić information content (AvgIpc) is 2.46. The van der Waals surface area contributed by atoms with Crippen LogP contribution in [0.4, 0.5) is 0 Å². The fourth-order valence-electron chi connectivity index (χ4n) is 2.66. The zero-order valence-electron chi connectivity index (χ0n) is 13.0. The Kier molecular flexibility index (Phi) is 8.63. The zero-order valence-corrected chi connectivity index (χ0v) is 13.0. The molecule has 0 unspecified atom stereocenters. The van der Waals surface area contributed by atoms with E-state index in [1.54, 1.807) is 0 Å². The van der Waals surface area contributed by atoms with Gasteiger partial charge < -0.3 is 15.5 Å². The summed E-state index contributed by atoms with van der Waals surface area (Å²) in [4.78, 5) is 6.75. The van der Waals surface area contributed by atoms with E-state index in [1.165, 1.54) is 44.9 Å². The van der Waals surface area contributed by atoms with Crippen LogP contribution >= 0.6 is 0 Å². The number of likely N-dealkylation sites (N-methyl/N-ethyl adjacent to an activating group) is 1. The number of hydrogen-bond donors (Lipinski definition) is 2. The van der Waals surface area contributed by atoms with Crippen molar-refractivity contribution < 1.29 is 0 Å². The number of hydrogen-bond acceptors (Lipinski definition) is 2. The topological polar surface area (TPSA) is 39.7 Å². The predicted octanol–water partition coefficient (Wildman–Crippen LogP) is 2.22. The highest BCUT2D eigenvalue weighted by Crippen LogP contribution is 2.21. The molecule has 1 aliphatic rings. The van der Waals surface area contributed by atoms with Crippen LogP contribution < -0.4 is 10.6 Å². The maximum absolute atomic E-state index is 4.25. The Morgan fingerprint density at radius 2 is 1.84 bits per heavy atom. The maximum Gasteiger partial charge on any atom is 0.191 e. The van der Waals surface area contributed by atoms with E-state index < -0.39 is 0 Å². The lowest BCUT2D eigenvalue weighted by Crippen LogP contribution is -2.43. The zero-order chi connectivity index (χ0) is 13.9. The Morgan fingerprint density at radius 3 is 2.47 bits per heavy atom. The number of rotatable bonds is 7. The van der Waals surface area contributed by atoms with Crippen LogP contribution in [0.1, 0.15) is 51.9 Å². The van der Waals surface area contributed by atoms with E-state index in [2.05, 4.69) is 34.5 Å². The molecule has 0 atom stereocenters. The molecule has 0 heterocycles. The minimum Gasteiger partial charge on any atom is -0.356 e. The van der Waals surface area contributed by atoms with Crippen molar-refractivity contribution in [2.24, 2.45) is 4.99 Å². The summed E-state index contributed by atoms with van der Waals surface area (Å²) in [6.45, 7) is 5.28. The molecule has 19 heavy (non-hydrogen) atoms. The van der Waals surface area contributed by atoms with Crippen LogP contribution in [0.5, 0.6) is 0 Å². The number of unbranched alkanes of at least 4 members (excludes halogenated alkanes) is 1. The van der Waals surface area contributed by atoms with Crippen molar-refractivity contribution in [3.63, 3.8) is 0 Å². The highest BCUT2D eigenvalue weighted by atomic mass is 15.2. The van der Waals surface area contributed by atoms with Gasteiger partial charge in [0, 0.05) is 32.7 Å². The van der Waals surface area contributed by atoms with E-state index >= 15 is 0 Å². The molecule has 4 heteroatoms. The normalized spacial score (nSPS) is 17.8. The molecule has 4 nitrogen and oxygen atoms in total. The Labute approximate surface area is 119 Å². The van der Waals surface area contributed by atoms with Gasteiger partial charge in [-0.05, 0) is 26.3 Å². The Morgan fingerprint density at radius 1 is 1.16 bits per heavy atom. The van der Waals surface area contributed by atoms with Crippen LogP contribution in [0.2, 0.25) is 0 Å². The van der Waals surface area contributed by atoms with E-state index in [9.17, 15) is 0 Å². The number of guanidine groups is 1. The molecular formula is C15H32N4. The molecule has 0 bridgehead atoms. The molecule has 1 aliphatic carbocycles. The highest BCUT2D eigenvalue weighted by Gasteiger charge is 2.17. The van der Waals surface area contributed by atoms with E-state index in [4.69, 9.17) is 0 Å². The van der Waals surface area contributed by atoms with Gasteiger partial charge in [0.2, 0.25) is 0 Å². The number of aliphatic imine (C=N–C) groups is 1. The van der Waals surface area contributed by atoms with Crippen LogP contribution in [0, 0.1) is 0 Å². The minimum absolute atomic E-state index is 0.797. The van der Waals surface area contributed by atoms with Crippen LogP contribution in [0.15, 0.2) is 4.99 Å². The third kappa shape index (κ3) is 6.81. The van der Waals surface area contributed by atoms with E-state index in [1.807, 2.05) is 7.05 Å². The van der Waals surface area contributed by atoms with Crippen molar-refractivity contribution in [3.05, 3.63) is 0 Å². The smallest absolute Gasteiger partial charge is 0.191 e. The third-order valence-corrected chi connectivity index (χ3v) is 4.00. The van der Waals surface area contributed by atoms with Gasteiger partial charge in [0.05, 0.1) is 0 Å². The Balaban J connectivity index is 2.13. The summed E-state index contributed by atoms with van der Waals surface area (Å²) < 4.78 is 0. The molecule has 0 aromatic heterocycles. The fraction of sp³-hybridized carbons (Fsp3) is 0.933. The molecule has 0 aromatic rings. The monoisotopic (exact) mass is 268 g/mol. The summed E-state index contributed by atoms with van der Waals surface area (Å²) in [7, 11) is 4.09. The molecule has 112 valence electrons. The number of nitrogens with one attached hydrogen (secondary N) is 2. The van der Waals surface area contributed by atoms with Crippen molar-refractivity contribution >= 4 is 5.96 Å². The van der Waals surface area contributed by atoms with Gasteiger partial charge in [-0.3, -0.25) is 4.99 Å². The SMILES string of the molecule is CCCCNC(=NC)NCCN(C)C1CCCCC1. The Bertz CT molecular complexity index is 247. The molecule has 0 radical (unpaired) electrons. The van der Waals surface area contributed by atoms with Gasteiger partial charge in [-0.25, -0.2) is 0 Å². The average molecular weight is 268 g/mol. The fourth-order valence-corrected chi connectivity index (χ4v) is 2.66. The van der Waals surface area contributed by atoms with Gasteiger partial charge in [0.25, 0.3) is 0 Å². The second kappa shape index (κ2) is 10.1. The molecule has 0 aliphatic heterocycles. The van der Waals surface area contributed by atoms with Crippen LogP contribution in [0.25, 0.3) is 0 Å². The van der Waals surface area contributed by atoms with Gasteiger partial charge >= 0.3 is 0 Å². The first-order valence-electron chi connectivity index (χ1n) is 7.92. The Hall–Kier alpha value is -0.770. The lowest BCUT2D eigenvalue weighted by atomic mass is 9.94. The standard InChI is InChI=1S/C15H32N4/c1-4-5-11-17-15(16-2)18-12-13-19(3)14-9-7-6-8-10-14/h14H,4-13H2,1-3H3,(H2,16,17,18). The van der Waals surface area contributed by atoms with E-state index in [0.29, 0.717) is 0 Å². The van der Waals surface area contributed by atoms with Crippen molar-refractivity contribution in [3.8, 4) is 0 Å². The van der Waals surface area contributed by atoms with Crippen LogP contribution in [-0.2, 0) is 0 Å². The summed E-state index contributed by atoms with van der Waals surface area (Å²) in [5.74, 6) is 0.936. The molecular weight excluding hydrogens is 236 g/mol. The minimum atomic E-state index is 0.797. The molecule has 0 amide bonds. The molecule has 1 rings (SSSR count). The van der Waals surface area contributed by atoms with Gasteiger partial charge in [-0.15, -0.1) is 0 Å². The summed E-state index contributed by atoms with van der Waals surface area (Å²) >= 11 is 0. The van der Waals surface area contributed by atoms with Crippen molar-refractivity contribution in [1.82, 2.24) is 15.5 Å². The molecule has 1 fully saturated rings. The lowest BCUT2D eigenvalue weighted by Gasteiger charge is -2.31. The molecule has 0 spiro atoms. The van der Waals surface area contributed by atoms with E-state index in [0.717, 1.165) is 31.6 Å². The second-order valence-corrected chi connectivity index (χ2v) is 5.55. The summed E-state index contributed by atoms with van der Waals surface area (Å²) in [6.07, 6.45) is 9.40. The van der Waals surface area contributed by atoms with Crippen LogP contribution in [0.3, 0.4) is 0 Å². The number of nitrogens with zero attached hydrogens (tertiary/aromatic N) is 2. The lowest BCUT2D eigenvalue weighted by molar-refractivity contribution is 0.194. The first-order chi connectivity index (χ1) is 9.27. The van der Waals surface area contributed by atoms with Gasteiger partial charge in [-0.2, -0.15) is 0 Å². The second-order valence-electron chi connectivity index (χ2n) is 5.55. The van der Waals surface area contributed by atoms with Gasteiger partial charge in [0.1, 0.15) is 0 Å². The van der Waals surface area contributed by atoms with E-state index in [-0.39, 0.29) is 0 Å². The third-order valence-electron chi connectivity index (χ3n) is 4.00. The predicted molar refractivity (Wildman–Crippen MR) is 83.8 cm³/mol. The molecule has 0 saturated heterocycles. The first-order valence-corrected chi connectivity index (χ1v) is 7.92. The largest absolute Gasteiger partial charge is 0.356 e. The van der Waals surface area contributed by atoms with Crippen molar-refractivity contribution in [2.75, 3.05) is 33.7 Å². The quantitative estimate of drug-likeness (QED) is 0.422. The van der Waals surface area contributed by atoms with Gasteiger partial charge in [-0.1, -0.05) is 32.6 Å². The van der Waals surface area contributed by atoms with Crippen molar-refractivity contribution in [2.45, 2.75) is 57.9 Å².